The van der Waals surface area contributed by atoms with Gasteiger partial charge in [0.1, 0.15) is 12.2 Å². The van der Waals surface area contributed by atoms with E-state index in [1.165, 1.54) is 28.6 Å². The molecule has 1 aliphatic heterocycles. The van der Waals surface area contributed by atoms with Gasteiger partial charge in [0, 0.05) is 30.6 Å². The summed E-state index contributed by atoms with van der Waals surface area (Å²) < 4.78 is 0. The van der Waals surface area contributed by atoms with E-state index in [1.807, 2.05) is 6.20 Å². The summed E-state index contributed by atoms with van der Waals surface area (Å²) in [6.07, 6.45) is 5.93. The van der Waals surface area contributed by atoms with Gasteiger partial charge in [0.25, 0.3) is 0 Å². The number of pyridine rings is 1. The van der Waals surface area contributed by atoms with Gasteiger partial charge in [-0.2, -0.15) is 5.10 Å². The number of nitrogens with one attached hydrogen (secondary N) is 1. The van der Waals surface area contributed by atoms with Crippen LogP contribution in [0.1, 0.15) is 35.7 Å². The zero-order chi connectivity index (χ0) is 15.8. The van der Waals surface area contributed by atoms with Gasteiger partial charge < -0.3 is 4.90 Å². The van der Waals surface area contributed by atoms with Crippen molar-refractivity contribution in [3.05, 3.63) is 47.7 Å². The molecule has 23 heavy (non-hydrogen) atoms. The number of hydrogen-bond acceptors (Lipinski definition) is 4. The van der Waals surface area contributed by atoms with Gasteiger partial charge in [-0.25, -0.2) is 4.98 Å². The van der Waals surface area contributed by atoms with Gasteiger partial charge in [0.05, 0.1) is 11.2 Å². The van der Waals surface area contributed by atoms with E-state index >= 15 is 0 Å². The molecule has 1 fully saturated rings. The lowest BCUT2D eigenvalue weighted by molar-refractivity contribution is 0.493. The molecule has 2 aromatic heterocycles. The van der Waals surface area contributed by atoms with Crippen LogP contribution in [0, 0.1) is 13.8 Å². The maximum atomic E-state index is 4.65. The molecule has 3 aromatic rings. The molecule has 1 N–H and O–H groups in total. The summed E-state index contributed by atoms with van der Waals surface area (Å²) in [5, 5.41) is 8.30. The van der Waals surface area contributed by atoms with Crippen LogP contribution in [0.4, 0.5) is 5.69 Å². The Hall–Kier alpha value is -2.43. The fourth-order valence-electron chi connectivity index (χ4n) is 3.69. The highest BCUT2D eigenvalue weighted by atomic mass is 15.2. The van der Waals surface area contributed by atoms with Gasteiger partial charge >= 0.3 is 0 Å². The maximum Gasteiger partial charge on any atom is 0.137 e. The quantitative estimate of drug-likeness (QED) is 0.789. The zero-order valence-electron chi connectivity index (χ0n) is 13.6. The number of hydrogen-bond donors (Lipinski definition) is 1. The molecule has 1 unspecified atom stereocenters. The highest BCUT2D eigenvalue weighted by molar-refractivity contribution is 5.95. The molecule has 0 radical (unpaired) electrons. The van der Waals surface area contributed by atoms with Crippen LogP contribution in [0.25, 0.3) is 10.9 Å². The van der Waals surface area contributed by atoms with Crippen LogP contribution in [-0.2, 0) is 0 Å². The lowest BCUT2D eigenvalue weighted by Gasteiger charge is -2.35. The molecule has 0 amide bonds. The van der Waals surface area contributed by atoms with E-state index in [0.717, 1.165) is 30.9 Å². The van der Waals surface area contributed by atoms with Gasteiger partial charge in [-0.15, -0.1) is 0 Å². The lowest BCUT2D eigenvalue weighted by atomic mass is 9.95. The van der Waals surface area contributed by atoms with Gasteiger partial charge in [-0.1, -0.05) is 18.2 Å². The number of aromatic amines is 1. The van der Waals surface area contributed by atoms with E-state index in [0.29, 0.717) is 5.92 Å². The van der Waals surface area contributed by atoms with Crippen molar-refractivity contribution in [1.29, 1.82) is 0 Å². The summed E-state index contributed by atoms with van der Waals surface area (Å²) in [6.45, 7) is 6.34. The maximum absolute atomic E-state index is 4.65. The first-order chi connectivity index (χ1) is 11.2. The average molecular weight is 307 g/mol. The predicted molar refractivity (Wildman–Crippen MR) is 91.8 cm³/mol. The summed E-state index contributed by atoms with van der Waals surface area (Å²) in [5.41, 5.74) is 4.90. The molecule has 1 saturated heterocycles. The Bertz CT molecular complexity index is 825. The molecule has 0 spiro atoms. The second-order valence-corrected chi connectivity index (χ2v) is 6.42. The molecule has 1 aliphatic rings. The number of aryl methyl sites for hydroxylation is 2. The van der Waals surface area contributed by atoms with Gasteiger partial charge in [-0.3, -0.25) is 10.1 Å². The largest absolute Gasteiger partial charge is 0.370 e. The van der Waals surface area contributed by atoms with Crippen molar-refractivity contribution in [3.8, 4) is 0 Å². The van der Waals surface area contributed by atoms with E-state index in [-0.39, 0.29) is 0 Å². The smallest absolute Gasteiger partial charge is 0.137 e. The highest BCUT2D eigenvalue weighted by Crippen LogP contribution is 2.35. The molecule has 0 aliphatic carbocycles. The van der Waals surface area contributed by atoms with Gasteiger partial charge in [0.2, 0.25) is 0 Å². The Morgan fingerprint density at radius 3 is 2.91 bits per heavy atom. The standard InChI is InChI=1S/C18H21N5/c1-12-5-3-7-15-16(12)19-9-13(2)17(15)23-8-4-6-14(10-23)18-20-11-21-22-18/h3,5,7,9,11,14H,4,6,8,10H2,1-2H3,(H,20,21,22). The summed E-state index contributed by atoms with van der Waals surface area (Å²) in [7, 11) is 0. The molecule has 0 bridgehead atoms. The average Bonchev–Trinajstić information content (AvgIpc) is 3.09. The first-order valence-electron chi connectivity index (χ1n) is 8.19. The van der Waals surface area contributed by atoms with Gasteiger partial charge in [0.15, 0.2) is 0 Å². The molecule has 118 valence electrons. The zero-order valence-corrected chi connectivity index (χ0v) is 13.6. The summed E-state index contributed by atoms with van der Waals surface area (Å²) in [4.78, 5) is 11.5. The number of benzene rings is 1. The number of anilines is 1. The molecule has 1 aromatic carbocycles. The Kier molecular flexibility index (Phi) is 3.48. The number of H-pyrrole nitrogens is 1. The Morgan fingerprint density at radius 2 is 2.09 bits per heavy atom. The minimum atomic E-state index is 0.415. The van der Waals surface area contributed by atoms with Crippen LogP contribution < -0.4 is 4.90 Å². The van der Waals surface area contributed by atoms with E-state index in [9.17, 15) is 0 Å². The van der Waals surface area contributed by atoms with Crippen molar-refractivity contribution in [2.24, 2.45) is 0 Å². The SMILES string of the molecule is Cc1cnc2c(C)cccc2c1N1CCCC(c2ncn[nH]2)C1. The monoisotopic (exact) mass is 307 g/mol. The van der Waals surface area contributed by atoms with Gasteiger partial charge in [-0.05, 0) is 37.8 Å². The van der Waals surface area contributed by atoms with Crippen LogP contribution in [0.5, 0.6) is 0 Å². The van der Waals surface area contributed by atoms with Crippen LogP contribution >= 0.6 is 0 Å². The topological polar surface area (TPSA) is 57.7 Å². The first kappa shape index (κ1) is 14.2. The van der Waals surface area contributed by atoms with E-state index in [1.54, 1.807) is 6.33 Å². The van der Waals surface area contributed by atoms with E-state index < -0.39 is 0 Å². The molecule has 5 heteroatoms. The predicted octanol–water partition coefficient (Wildman–Crippen LogP) is 3.35. The first-order valence-corrected chi connectivity index (χ1v) is 8.19. The molecular weight excluding hydrogens is 286 g/mol. The normalized spacial score (nSPS) is 18.5. The summed E-state index contributed by atoms with van der Waals surface area (Å²) >= 11 is 0. The number of fused-ring (bicyclic) bond motifs is 1. The van der Waals surface area contributed by atoms with Crippen molar-refractivity contribution < 1.29 is 0 Å². The summed E-state index contributed by atoms with van der Waals surface area (Å²) in [6, 6.07) is 6.44. The fraction of sp³-hybridized carbons (Fsp3) is 0.389. The Balaban J connectivity index is 1.76. The molecule has 5 nitrogen and oxygen atoms in total. The second-order valence-electron chi connectivity index (χ2n) is 6.42. The van der Waals surface area contributed by atoms with Crippen LogP contribution in [0.15, 0.2) is 30.7 Å². The third kappa shape index (κ3) is 2.46. The lowest BCUT2D eigenvalue weighted by Crippen LogP contribution is -2.35. The number of rotatable bonds is 2. The van der Waals surface area contributed by atoms with Crippen molar-refractivity contribution in [2.75, 3.05) is 18.0 Å². The number of para-hydroxylation sites is 1. The van der Waals surface area contributed by atoms with E-state index in [4.69, 9.17) is 0 Å². The molecule has 3 heterocycles. The van der Waals surface area contributed by atoms with Crippen molar-refractivity contribution in [2.45, 2.75) is 32.6 Å². The third-order valence-corrected chi connectivity index (χ3v) is 4.81. The highest BCUT2D eigenvalue weighted by Gasteiger charge is 2.25. The summed E-state index contributed by atoms with van der Waals surface area (Å²) in [5.74, 6) is 1.42. The molecule has 1 atom stereocenters. The minimum absolute atomic E-state index is 0.415. The van der Waals surface area contributed by atoms with Crippen LogP contribution in [0.3, 0.4) is 0 Å². The molecule has 4 rings (SSSR count). The molecule has 0 saturated carbocycles. The van der Waals surface area contributed by atoms with Crippen LogP contribution in [0.2, 0.25) is 0 Å². The van der Waals surface area contributed by atoms with E-state index in [2.05, 4.69) is 57.1 Å². The third-order valence-electron chi connectivity index (χ3n) is 4.81. The Morgan fingerprint density at radius 1 is 1.17 bits per heavy atom. The second kappa shape index (κ2) is 5.65. The van der Waals surface area contributed by atoms with Crippen LogP contribution in [-0.4, -0.2) is 33.3 Å². The number of aromatic nitrogens is 4. The van der Waals surface area contributed by atoms with Crippen molar-refractivity contribution in [3.63, 3.8) is 0 Å². The van der Waals surface area contributed by atoms with Crippen molar-refractivity contribution in [1.82, 2.24) is 20.2 Å². The van der Waals surface area contributed by atoms with Crippen molar-refractivity contribution >= 4 is 16.6 Å². The fourth-order valence-corrected chi connectivity index (χ4v) is 3.69. The minimum Gasteiger partial charge on any atom is -0.370 e. The number of piperidine rings is 1. The number of nitrogens with zero attached hydrogens (tertiary/aromatic N) is 4. The Labute approximate surface area is 135 Å². The molecular formula is C18H21N5.